The molecule has 8 heteroatoms. The van der Waals surface area contributed by atoms with Crippen molar-refractivity contribution in [2.75, 3.05) is 45.9 Å². The number of hydrogen-bond acceptors (Lipinski definition) is 6. The third kappa shape index (κ3) is 3.63. The lowest BCUT2D eigenvalue weighted by Crippen LogP contribution is -2.47. The lowest BCUT2D eigenvalue weighted by Gasteiger charge is -2.36. The Labute approximate surface area is 177 Å². The maximum Gasteiger partial charge on any atom is 0.225 e. The first-order valence-electron chi connectivity index (χ1n) is 11.1. The van der Waals surface area contributed by atoms with Crippen LogP contribution in [0.5, 0.6) is 0 Å². The number of amides is 1. The highest BCUT2D eigenvalue weighted by molar-refractivity contribution is 5.79. The van der Waals surface area contributed by atoms with Crippen LogP contribution in [-0.2, 0) is 22.5 Å². The second kappa shape index (κ2) is 8.07. The molecule has 160 valence electrons. The fraction of sp³-hybridized carbons (Fsp3) is 0.636. The monoisotopic (exact) mass is 410 g/mol. The fourth-order valence-electron chi connectivity index (χ4n) is 5.26. The molecule has 3 aliphatic heterocycles. The molecule has 2 fully saturated rings. The van der Waals surface area contributed by atoms with Gasteiger partial charge >= 0.3 is 0 Å². The Morgan fingerprint density at radius 2 is 1.97 bits per heavy atom. The number of carbonyl (C=O) groups excluding carboxylic acids is 1. The van der Waals surface area contributed by atoms with Gasteiger partial charge in [0.1, 0.15) is 12.2 Å². The molecule has 0 radical (unpaired) electrons. The Hall–Kier alpha value is -2.32. The topological polar surface area (TPSA) is 76.4 Å². The summed E-state index contributed by atoms with van der Waals surface area (Å²) in [5.41, 5.74) is 1.90. The first-order valence-corrected chi connectivity index (χ1v) is 11.1. The standard InChI is InChI=1S/C22H30N6O2/c1-2-26-5-3-17(4-6-26)21(29)27-7-8-30-15-22(13-27)9-20-25-12-19(28(20)14-22)18-10-23-16-24-11-18/h10-12,16-17H,2-9,13-15H2,1H3/t22-/m1/s1. The summed E-state index contributed by atoms with van der Waals surface area (Å²) in [6.45, 7) is 8.84. The predicted molar refractivity (Wildman–Crippen MR) is 112 cm³/mol. The number of nitrogens with zero attached hydrogens (tertiary/aromatic N) is 6. The van der Waals surface area contributed by atoms with E-state index in [1.54, 1.807) is 6.33 Å². The molecule has 5 rings (SSSR count). The molecule has 8 nitrogen and oxygen atoms in total. The molecule has 5 heterocycles. The summed E-state index contributed by atoms with van der Waals surface area (Å²) < 4.78 is 8.27. The minimum absolute atomic E-state index is 0.107. The van der Waals surface area contributed by atoms with Crippen molar-refractivity contribution < 1.29 is 9.53 Å². The van der Waals surface area contributed by atoms with Crippen molar-refractivity contribution in [1.82, 2.24) is 29.3 Å². The number of hydrogen-bond donors (Lipinski definition) is 0. The number of aromatic nitrogens is 4. The van der Waals surface area contributed by atoms with Crippen LogP contribution >= 0.6 is 0 Å². The zero-order chi connectivity index (χ0) is 20.6. The van der Waals surface area contributed by atoms with Gasteiger partial charge in [-0.15, -0.1) is 0 Å². The number of fused-ring (bicyclic) bond motifs is 1. The summed E-state index contributed by atoms with van der Waals surface area (Å²) in [5, 5.41) is 0. The largest absolute Gasteiger partial charge is 0.379 e. The molecular weight excluding hydrogens is 380 g/mol. The molecule has 0 aliphatic carbocycles. The van der Waals surface area contributed by atoms with E-state index >= 15 is 0 Å². The molecule has 0 bridgehead atoms. The third-order valence-electron chi connectivity index (χ3n) is 6.96. The van der Waals surface area contributed by atoms with E-state index in [4.69, 9.17) is 4.74 Å². The van der Waals surface area contributed by atoms with Crippen molar-refractivity contribution in [2.24, 2.45) is 11.3 Å². The van der Waals surface area contributed by atoms with E-state index in [2.05, 4.69) is 36.2 Å². The van der Waals surface area contributed by atoms with Crippen molar-refractivity contribution in [1.29, 1.82) is 0 Å². The van der Waals surface area contributed by atoms with E-state index in [9.17, 15) is 4.79 Å². The van der Waals surface area contributed by atoms with Crippen LogP contribution in [0.25, 0.3) is 11.3 Å². The van der Waals surface area contributed by atoms with Crippen LogP contribution in [0, 0.1) is 11.3 Å². The van der Waals surface area contributed by atoms with E-state index in [-0.39, 0.29) is 11.3 Å². The zero-order valence-electron chi connectivity index (χ0n) is 17.7. The van der Waals surface area contributed by atoms with E-state index in [1.165, 1.54) is 0 Å². The molecule has 2 aromatic heterocycles. The minimum atomic E-state index is -0.107. The van der Waals surface area contributed by atoms with Crippen LogP contribution in [-0.4, -0.2) is 81.2 Å². The number of imidazole rings is 1. The summed E-state index contributed by atoms with van der Waals surface area (Å²) in [5.74, 6) is 1.53. The number of piperidine rings is 1. The predicted octanol–water partition coefficient (Wildman–Crippen LogP) is 1.47. The average molecular weight is 411 g/mol. The number of rotatable bonds is 3. The van der Waals surface area contributed by atoms with Crippen LogP contribution in [0.1, 0.15) is 25.6 Å². The minimum Gasteiger partial charge on any atom is -0.379 e. The fourth-order valence-corrected chi connectivity index (χ4v) is 5.26. The molecule has 3 aliphatic rings. The zero-order valence-corrected chi connectivity index (χ0v) is 17.7. The Bertz CT molecular complexity index is 892. The smallest absolute Gasteiger partial charge is 0.225 e. The normalized spacial score (nSPS) is 25.4. The van der Waals surface area contributed by atoms with Gasteiger partial charge in [-0.3, -0.25) is 4.79 Å². The van der Waals surface area contributed by atoms with Gasteiger partial charge in [-0.1, -0.05) is 6.92 Å². The van der Waals surface area contributed by atoms with Gasteiger partial charge < -0.3 is 19.1 Å². The van der Waals surface area contributed by atoms with E-state index in [0.717, 1.165) is 69.1 Å². The van der Waals surface area contributed by atoms with E-state index < -0.39 is 0 Å². The van der Waals surface area contributed by atoms with Crippen LogP contribution in [0.3, 0.4) is 0 Å². The second-order valence-electron chi connectivity index (χ2n) is 8.97. The first-order chi connectivity index (χ1) is 14.7. The Balaban J connectivity index is 1.32. The highest BCUT2D eigenvalue weighted by Crippen LogP contribution is 2.38. The van der Waals surface area contributed by atoms with Crippen LogP contribution in [0.4, 0.5) is 0 Å². The van der Waals surface area contributed by atoms with Crippen LogP contribution in [0.2, 0.25) is 0 Å². The van der Waals surface area contributed by atoms with Crippen molar-refractivity contribution in [2.45, 2.75) is 32.7 Å². The second-order valence-corrected chi connectivity index (χ2v) is 8.97. The van der Waals surface area contributed by atoms with Gasteiger partial charge in [-0.25, -0.2) is 15.0 Å². The van der Waals surface area contributed by atoms with Gasteiger partial charge in [0.15, 0.2) is 0 Å². The molecule has 1 amide bonds. The summed E-state index contributed by atoms with van der Waals surface area (Å²) >= 11 is 0. The molecule has 1 atom stereocenters. The Kier molecular flexibility index (Phi) is 5.28. The molecule has 2 saturated heterocycles. The van der Waals surface area contributed by atoms with Gasteiger partial charge in [0.05, 0.1) is 25.1 Å². The van der Waals surface area contributed by atoms with Gasteiger partial charge in [-0.2, -0.15) is 0 Å². The molecule has 2 aromatic rings. The van der Waals surface area contributed by atoms with Crippen LogP contribution < -0.4 is 0 Å². The summed E-state index contributed by atoms with van der Waals surface area (Å²) in [6, 6.07) is 0. The maximum atomic E-state index is 13.4. The molecule has 30 heavy (non-hydrogen) atoms. The molecule has 0 saturated carbocycles. The number of carbonyl (C=O) groups is 1. The quantitative estimate of drug-likeness (QED) is 0.763. The Morgan fingerprint density at radius 1 is 1.17 bits per heavy atom. The SMILES string of the molecule is CCN1CCC(C(=O)N2CCOC[C@]3(Cc4ncc(-c5cncnc5)n4C3)C2)CC1. The van der Waals surface area contributed by atoms with E-state index in [1.807, 2.05) is 18.6 Å². The number of likely N-dealkylation sites (tertiary alicyclic amines) is 1. The molecule has 0 N–H and O–H groups in total. The van der Waals surface area contributed by atoms with Crippen molar-refractivity contribution in [3.8, 4) is 11.3 Å². The van der Waals surface area contributed by atoms with Gasteiger partial charge in [-0.05, 0) is 32.5 Å². The van der Waals surface area contributed by atoms with Gasteiger partial charge in [0.25, 0.3) is 0 Å². The lowest BCUT2D eigenvalue weighted by atomic mass is 9.86. The summed E-state index contributed by atoms with van der Waals surface area (Å²) in [7, 11) is 0. The summed E-state index contributed by atoms with van der Waals surface area (Å²) in [4.78, 5) is 30.8. The first kappa shape index (κ1) is 19.6. The Morgan fingerprint density at radius 3 is 2.73 bits per heavy atom. The van der Waals surface area contributed by atoms with Crippen molar-refractivity contribution in [3.05, 3.63) is 30.7 Å². The summed E-state index contributed by atoms with van der Waals surface area (Å²) in [6.07, 6.45) is 9.86. The van der Waals surface area contributed by atoms with Crippen molar-refractivity contribution in [3.63, 3.8) is 0 Å². The maximum absolute atomic E-state index is 13.4. The molecular formula is C22H30N6O2. The third-order valence-corrected chi connectivity index (χ3v) is 6.96. The molecule has 1 spiro atoms. The lowest BCUT2D eigenvalue weighted by molar-refractivity contribution is -0.138. The van der Waals surface area contributed by atoms with Crippen LogP contribution in [0.15, 0.2) is 24.9 Å². The average Bonchev–Trinajstić information content (AvgIpc) is 3.25. The number of ether oxygens (including phenoxy) is 1. The molecule has 0 unspecified atom stereocenters. The van der Waals surface area contributed by atoms with Gasteiger partial charge in [0, 0.05) is 55.3 Å². The van der Waals surface area contributed by atoms with Gasteiger partial charge in [0.2, 0.25) is 5.91 Å². The highest BCUT2D eigenvalue weighted by Gasteiger charge is 2.44. The highest BCUT2D eigenvalue weighted by atomic mass is 16.5. The van der Waals surface area contributed by atoms with E-state index in [0.29, 0.717) is 25.7 Å². The van der Waals surface area contributed by atoms with Crippen molar-refractivity contribution >= 4 is 5.91 Å². The molecule has 0 aromatic carbocycles.